The molecular weight excluding hydrogens is 110 g/mol. The van der Waals surface area contributed by atoms with Gasteiger partial charge in [-0.05, 0) is 31.7 Å². The number of rotatable bonds is 0. The van der Waals surface area contributed by atoms with E-state index >= 15 is 0 Å². The number of hydrogen-bond acceptors (Lipinski definition) is 1. The van der Waals surface area contributed by atoms with Gasteiger partial charge in [-0.2, -0.15) is 0 Å². The maximum atomic E-state index is 3.51. The van der Waals surface area contributed by atoms with Crippen molar-refractivity contribution in [1.29, 1.82) is 0 Å². The first-order chi connectivity index (χ1) is 4.47. The van der Waals surface area contributed by atoms with Crippen molar-refractivity contribution in [2.75, 3.05) is 6.54 Å². The molecule has 2 aliphatic rings. The van der Waals surface area contributed by atoms with Crippen LogP contribution in [-0.2, 0) is 0 Å². The van der Waals surface area contributed by atoms with Crippen LogP contribution < -0.4 is 5.32 Å². The van der Waals surface area contributed by atoms with E-state index < -0.39 is 0 Å². The van der Waals surface area contributed by atoms with Gasteiger partial charge < -0.3 is 5.32 Å². The third-order valence-corrected chi connectivity index (χ3v) is 2.43. The summed E-state index contributed by atoms with van der Waals surface area (Å²) in [6.45, 7) is 1.24. The van der Waals surface area contributed by atoms with Gasteiger partial charge in [0.1, 0.15) is 0 Å². The SMILES string of the molecule is C1=C[C@H]2CCN[C@H]2CC1. The summed E-state index contributed by atoms with van der Waals surface area (Å²) >= 11 is 0. The van der Waals surface area contributed by atoms with Crippen LogP contribution in [0.25, 0.3) is 0 Å². The van der Waals surface area contributed by atoms with Crippen LogP contribution in [0.5, 0.6) is 0 Å². The molecule has 1 saturated heterocycles. The van der Waals surface area contributed by atoms with Gasteiger partial charge in [0, 0.05) is 6.04 Å². The number of fused-ring (bicyclic) bond motifs is 1. The van der Waals surface area contributed by atoms with E-state index in [1.54, 1.807) is 0 Å². The summed E-state index contributed by atoms with van der Waals surface area (Å²) in [4.78, 5) is 0. The molecule has 2 rings (SSSR count). The van der Waals surface area contributed by atoms with Crippen LogP contribution in [0, 0.1) is 5.92 Å². The quantitative estimate of drug-likeness (QED) is 0.479. The fourth-order valence-corrected chi connectivity index (χ4v) is 1.88. The van der Waals surface area contributed by atoms with E-state index in [1.807, 2.05) is 0 Å². The lowest BCUT2D eigenvalue weighted by atomic mass is 9.92. The number of hydrogen-bond donors (Lipinski definition) is 1. The van der Waals surface area contributed by atoms with E-state index in [1.165, 1.54) is 25.8 Å². The second-order valence-corrected chi connectivity index (χ2v) is 3.02. The minimum atomic E-state index is 0.829. The summed E-state index contributed by atoms with van der Waals surface area (Å²) in [6.07, 6.45) is 8.72. The van der Waals surface area contributed by atoms with Crippen molar-refractivity contribution in [2.45, 2.75) is 25.3 Å². The summed E-state index contributed by atoms with van der Waals surface area (Å²) in [5.74, 6) is 0.874. The molecule has 0 aromatic carbocycles. The monoisotopic (exact) mass is 123 g/mol. The summed E-state index contributed by atoms with van der Waals surface area (Å²) in [6, 6.07) is 0.829. The van der Waals surface area contributed by atoms with E-state index in [-0.39, 0.29) is 0 Å². The van der Waals surface area contributed by atoms with Crippen molar-refractivity contribution in [3.63, 3.8) is 0 Å². The van der Waals surface area contributed by atoms with E-state index in [0.29, 0.717) is 0 Å². The summed E-state index contributed by atoms with van der Waals surface area (Å²) in [5, 5.41) is 3.51. The molecule has 1 nitrogen and oxygen atoms in total. The Kier molecular flexibility index (Phi) is 1.31. The lowest BCUT2D eigenvalue weighted by molar-refractivity contribution is 0.473. The largest absolute Gasteiger partial charge is 0.313 e. The van der Waals surface area contributed by atoms with E-state index in [0.717, 1.165) is 12.0 Å². The maximum Gasteiger partial charge on any atom is 0.0133 e. The molecule has 1 N–H and O–H groups in total. The lowest BCUT2D eigenvalue weighted by Crippen LogP contribution is -2.27. The van der Waals surface area contributed by atoms with Gasteiger partial charge in [0.2, 0.25) is 0 Å². The van der Waals surface area contributed by atoms with Crippen molar-refractivity contribution in [3.05, 3.63) is 12.2 Å². The van der Waals surface area contributed by atoms with Crippen LogP contribution in [0.15, 0.2) is 12.2 Å². The maximum absolute atomic E-state index is 3.51. The van der Waals surface area contributed by atoms with Crippen molar-refractivity contribution in [2.24, 2.45) is 5.92 Å². The molecule has 0 bridgehead atoms. The molecule has 0 amide bonds. The molecule has 2 atom stereocenters. The second-order valence-electron chi connectivity index (χ2n) is 3.02. The molecule has 1 aliphatic heterocycles. The standard InChI is InChI=1S/C8H13N/c1-2-4-8-7(3-1)5-6-9-8/h1,3,7-9H,2,4-6H2/t7-,8-/m0/s1. The highest BCUT2D eigenvalue weighted by molar-refractivity contribution is 5.03. The van der Waals surface area contributed by atoms with Crippen molar-refractivity contribution >= 4 is 0 Å². The van der Waals surface area contributed by atoms with Gasteiger partial charge in [0.15, 0.2) is 0 Å². The number of allylic oxidation sites excluding steroid dienone is 1. The molecule has 1 fully saturated rings. The third kappa shape index (κ3) is 0.897. The van der Waals surface area contributed by atoms with Gasteiger partial charge >= 0.3 is 0 Å². The summed E-state index contributed by atoms with van der Waals surface area (Å²) in [5.41, 5.74) is 0. The fraction of sp³-hybridized carbons (Fsp3) is 0.750. The van der Waals surface area contributed by atoms with E-state index in [9.17, 15) is 0 Å². The first-order valence-corrected chi connectivity index (χ1v) is 3.87. The molecular formula is C8H13N. The summed E-state index contributed by atoms with van der Waals surface area (Å²) in [7, 11) is 0. The normalized spacial score (nSPS) is 40.9. The molecule has 50 valence electrons. The van der Waals surface area contributed by atoms with Crippen LogP contribution in [0.2, 0.25) is 0 Å². The second kappa shape index (κ2) is 2.14. The molecule has 1 heteroatoms. The molecule has 0 aromatic heterocycles. The predicted octanol–water partition coefficient (Wildman–Crippen LogP) is 1.31. The van der Waals surface area contributed by atoms with Crippen LogP contribution >= 0.6 is 0 Å². The summed E-state index contributed by atoms with van der Waals surface area (Å²) < 4.78 is 0. The molecule has 1 heterocycles. The van der Waals surface area contributed by atoms with Gasteiger partial charge in [0.25, 0.3) is 0 Å². The van der Waals surface area contributed by atoms with Crippen LogP contribution in [-0.4, -0.2) is 12.6 Å². The highest BCUT2D eigenvalue weighted by atomic mass is 14.9. The average molecular weight is 123 g/mol. The Labute approximate surface area is 56.1 Å². The number of nitrogens with one attached hydrogen (secondary N) is 1. The zero-order valence-corrected chi connectivity index (χ0v) is 5.64. The van der Waals surface area contributed by atoms with E-state index in [2.05, 4.69) is 17.5 Å². The van der Waals surface area contributed by atoms with Gasteiger partial charge in [-0.3, -0.25) is 0 Å². The molecule has 0 radical (unpaired) electrons. The van der Waals surface area contributed by atoms with Crippen molar-refractivity contribution < 1.29 is 0 Å². The molecule has 0 saturated carbocycles. The van der Waals surface area contributed by atoms with E-state index in [4.69, 9.17) is 0 Å². The molecule has 0 spiro atoms. The first kappa shape index (κ1) is 5.48. The smallest absolute Gasteiger partial charge is 0.0133 e. The highest BCUT2D eigenvalue weighted by Crippen LogP contribution is 2.24. The average Bonchev–Trinajstić information content (AvgIpc) is 2.33. The zero-order chi connectivity index (χ0) is 6.10. The van der Waals surface area contributed by atoms with Gasteiger partial charge in [-0.1, -0.05) is 12.2 Å². The predicted molar refractivity (Wildman–Crippen MR) is 38.3 cm³/mol. The van der Waals surface area contributed by atoms with Crippen LogP contribution in [0.3, 0.4) is 0 Å². The Morgan fingerprint density at radius 2 is 2.33 bits per heavy atom. The van der Waals surface area contributed by atoms with Crippen molar-refractivity contribution in [1.82, 2.24) is 5.32 Å². The molecule has 1 aliphatic carbocycles. The fourth-order valence-electron chi connectivity index (χ4n) is 1.88. The minimum absolute atomic E-state index is 0.829. The van der Waals surface area contributed by atoms with Gasteiger partial charge in [-0.15, -0.1) is 0 Å². The zero-order valence-electron chi connectivity index (χ0n) is 5.64. The minimum Gasteiger partial charge on any atom is -0.313 e. The molecule has 0 aromatic rings. The van der Waals surface area contributed by atoms with Gasteiger partial charge in [-0.25, -0.2) is 0 Å². The first-order valence-electron chi connectivity index (χ1n) is 3.87. The topological polar surface area (TPSA) is 12.0 Å². The third-order valence-electron chi connectivity index (χ3n) is 2.43. The van der Waals surface area contributed by atoms with Gasteiger partial charge in [0.05, 0.1) is 0 Å². The Hall–Kier alpha value is -0.300. The van der Waals surface area contributed by atoms with Crippen LogP contribution in [0.4, 0.5) is 0 Å². The Morgan fingerprint density at radius 3 is 3.22 bits per heavy atom. The Morgan fingerprint density at radius 1 is 1.33 bits per heavy atom. The highest BCUT2D eigenvalue weighted by Gasteiger charge is 2.25. The van der Waals surface area contributed by atoms with Crippen molar-refractivity contribution in [3.8, 4) is 0 Å². The van der Waals surface area contributed by atoms with Crippen LogP contribution in [0.1, 0.15) is 19.3 Å². The molecule has 9 heavy (non-hydrogen) atoms. The Bertz CT molecular complexity index is 129. The Balaban J connectivity index is 2.10. The molecule has 0 unspecified atom stereocenters. The lowest BCUT2D eigenvalue weighted by Gasteiger charge is -2.18.